The van der Waals surface area contributed by atoms with Gasteiger partial charge in [0.05, 0.1) is 31.4 Å². The van der Waals surface area contributed by atoms with Crippen LogP contribution in [-0.2, 0) is 4.79 Å². The summed E-state index contributed by atoms with van der Waals surface area (Å²) in [6, 6.07) is 11.4. The van der Waals surface area contributed by atoms with E-state index in [2.05, 4.69) is 0 Å². The topological polar surface area (TPSA) is 82.1 Å². The molecule has 0 radical (unpaired) electrons. The van der Waals surface area contributed by atoms with Gasteiger partial charge in [0.2, 0.25) is 0 Å². The zero-order valence-corrected chi connectivity index (χ0v) is 15.9. The number of fused-ring (bicyclic) bond motifs is 1. The molecule has 0 fully saturated rings. The highest BCUT2D eigenvalue weighted by Crippen LogP contribution is 2.28. The summed E-state index contributed by atoms with van der Waals surface area (Å²) in [4.78, 5) is 39.4. The lowest BCUT2D eigenvalue weighted by Gasteiger charge is -2.20. The molecule has 7 nitrogen and oxygen atoms in total. The number of hydrogen-bond donors (Lipinski definition) is 0. The van der Waals surface area contributed by atoms with Gasteiger partial charge in [-0.15, -0.1) is 0 Å². The van der Waals surface area contributed by atoms with E-state index in [4.69, 9.17) is 14.2 Å². The highest BCUT2D eigenvalue weighted by Gasteiger charge is 2.35. The highest BCUT2D eigenvalue weighted by atomic mass is 16.5. The third-order valence-corrected chi connectivity index (χ3v) is 4.37. The van der Waals surface area contributed by atoms with Crippen LogP contribution >= 0.6 is 0 Å². The number of Topliss-reactive ketones (excluding diaryl/α,β-unsaturated/α-hetero) is 1. The van der Waals surface area contributed by atoms with E-state index >= 15 is 0 Å². The number of ether oxygens (including phenoxy) is 3. The summed E-state index contributed by atoms with van der Waals surface area (Å²) >= 11 is 0. The highest BCUT2D eigenvalue weighted by molar-refractivity contribution is 6.12. The fourth-order valence-electron chi connectivity index (χ4n) is 2.97. The van der Waals surface area contributed by atoms with Crippen molar-refractivity contribution < 1.29 is 28.6 Å². The number of rotatable bonds is 6. The predicted octanol–water partition coefficient (Wildman–Crippen LogP) is 2.73. The summed E-state index contributed by atoms with van der Waals surface area (Å²) < 4.78 is 16.3. The Morgan fingerprint density at radius 1 is 1.18 bits per heavy atom. The Labute approximate surface area is 162 Å². The Balaban J connectivity index is 1.93. The molecule has 0 spiro atoms. The molecule has 146 valence electrons. The molecular formula is C21H21NO6. The average molecular weight is 383 g/mol. The van der Waals surface area contributed by atoms with E-state index in [-0.39, 0.29) is 11.1 Å². The molecule has 0 N–H and O–H groups in total. The van der Waals surface area contributed by atoms with Gasteiger partial charge in [-0.1, -0.05) is 12.1 Å². The average Bonchev–Trinajstić information content (AvgIpc) is 2.79. The van der Waals surface area contributed by atoms with Crippen molar-refractivity contribution in [1.82, 2.24) is 4.90 Å². The molecule has 0 aromatic heterocycles. The molecule has 1 aliphatic heterocycles. The maximum absolute atomic E-state index is 12.9. The first-order chi connectivity index (χ1) is 13.5. The maximum Gasteiger partial charge on any atom is 0.270 e. The maximum atomic E-state index is 12.9. The van der Waals surface area contributed by atoms with E-state index in [1.165, 1.54) is 7.11 Å². The van der Waals surface area contributed by atoms with Crippen LogP contribution < -0.4 is 14.2 Å². The summed E-state index contributed by atoms with van der Waals surface area (Å²) in [6.45, 7) is 3.29. The standard InChI is InChI=1S/C21H21NO6/c1-4-27-19-11-14(26-3)9-10-15(19)17(23)12-22-20(24)13(2)28-18-8-6-5-7-16(18)21(22)25/h5-11,13H,4,12H2,1-3H3/t13-/m0/s1. The number of para-hydroxylation sites is 1. The summed E-state index contributed by atoms with van der Waals surface area (Å²) in [7, 11) is 1.51. The largest absolute Gasteiger partial charge is 0.497 e. The van der Waals surface area contributed by atoms with E-state index in [1.54, 1.807) is 56.3 Å². The number of carbonyl (C=O) groups is 3. The number of carbonyl (C=O) groups excluding carboxylic acids is 3. The Morgan fingerprint density at radius 3 is 2.64 bits per heavy atom. The minimum Gasteiger partial charge on any atom is -0.497 e. The van der Waals surface area contributed by atoms with Crippen LogP contribution in [0.2, 0.25) is 0 Å². The van der Waals surface area contributed by atoms with Crippen molar-refractivity contribution in [1.29, 1.82) is 0 Å². The van der Waals surface area contributed by atoms with Gasteiger partial charge in [-0.05, 0) is 38.1 Å². The third kappa shape index (κ3) is 3.69. The number of benzene rings is 2. The fraction of sp³-hybridized carbons (Fsp3) is 0.286. The van der Waals surface area contributed by atoms with Crippen molar-refractivity contribution in [2.75, 3.05) is 20.3 Å². The smallest absolute Gasteiger partial charge is 0.270 e. The van der Waals surface area contributed by atoms with Gasteiger partial charge in [-0.25, -0.2) is 0 Å². The number of nitrogens with zero attached hydrogens (tertiary/aromatic N) is 1. The van der Waals surface area contributed by atoms with E-state index in [1.807, 2.05) is 0 Å². The number of methoxy groups -OCH3 is 1. The molecule has 7 heteroatoms. The number of hydrogen-bond acceptors (Lipinski definition) is 6. The molecule has 2 aromatic carbocycles. The first-order valence-electron chi connectivity index (χ1n) is 8.91. The minimum absolute atomic E-state index is 0.243. The van der Waals surface area contributed by atoms with Crippen molar-refractivity contribution in [3.05, 3.63) is 53.6 Å². The van der Waals surface area contributed by atoms with Crippen LogP contribution in [0.3, 0.4) is 0 Å². The van der Waals surface area contributed by atoms with Crippen molar-refractivity contribution in [3.63, 3.8) is 0 Å². The van der Waals surface area contributed by atoms with Crippen LogP contribution in [0, 0.1) is 0 Å². The number of ketones is 1. The van der Waals surface area contributed by atoms with E-state index in [0.29, 0.717) is 23.9 Å². The number of imide groups is 1. The Bertz CT molecular complexity index is 923. The molecule has 0 unspecified atom stereocenters. The van der Waals surface area contributed by atoms with Crippen LogP contribution in [0.4, 0.5) is 0 Å². The molecular weight excluding hydrogens is 362 g/mol. The molecule has 0 aliphatic carbocycles. The van der Waals surface area contributed by atoms with Gasteiger partial charge in [0, 0.05) is 6.07 Å². The molecule has 1 atom stereocenters. The Morgan fingerprint density at radius 2 is 1.93 bits per heavy atom. The number of amides is 2. The normalized spacial score (nSPS) is 16.1. The van der Waals surface area contributed by atoms with Gasteiger partial charge in [0.15, 0.2) is 11.9 Å². The molecule has 2 amide bonds. The zero-order valence-electron chi connectivity index (χ0n) is 15.9. The van der Waals surface area contributed by atoms with Crippen LogP contribution in [0.5, 0.6) is 17.2 Å². The fourth-order valence-corrected chi connectivity index (χ4v) is 2.97. The van der Waals surface area contributed by atoms with Crippen LogP contribution in [-0.4, -0.2) is 48.9 Å². The van der Waals surface area contributed by atoms with Crippen molar-refractivity contribution in [2.24, 2.45) is 0 Å². The molecule has 0 saturated carbocycles. The lowest BCUT2D eigenvalue weighted by atomic mass is 10.1. The summed E-state index contributed by atoms with van der Waals surface area (Å²) in [6.07, 6.45) is -0.886. The van der Waals surface area contributed by atoms with Gasteiger partial charge in [-0.2, -0.15) is 0 Å². The van der Waals surface area contributed by atoms with Gasteiger partial charge >= 0.3 is 0 Å². The van der Waals surface area contributed by atoms with Gasteiger partial charge in [-0.3, -0.25) is 19.3 Å². The quantitative estimate of drug-likeness (QED) is 0.564. The molecule has 2 aromatic rings. The Hall–Kier alpha value is -3.35. The summed E-state index contributed by atoms with van der Waals surface area (Å²) in [5.74, 6) is -0.350. The van der Waals surface area contributed by atoms with E-state index in [9.17, 15) is 14.4 Å². The van der Waals surface area contributed by atoms with Crippen molar-refractivity contribution >= 4 is 17.6 Å². The van der Waals surface area contributed by atoms with Gasteiger partial charge < -0.3 is 14.2 Å². The minimum atomic E-state index is -0.886. The van der Waals surface area contributed by atoms with E-state index in [0.717, 1.165) is 4.90 Å². The monoisotopic (exact) mass is 383 g/mol. The molecule has 3 rings (SSSR count). The lowest BCUT2D eigenvalue weighted by molar-refractivity contribution is -0.134. The second-order valence-corrected chi connectivity index (χ2v) is 6.20. The SMILES string of the molecule is CCOc1cc(OC)ccc1C(=O)CN1C(=O)c2ccccc2O[C@@H](C)C1=O. The molecule has 28 heavy (non-hydrogen) atoms. The molecule has 1 heterocycles. The zero-order chi connectivity index (χ0) is 20.3. The Kier molecular flexibility index (Phi) is 5.63. The van der Waals surface area contributed by atoms with E-state index < -0.39 is 30.2 Å². The molecule has 0 saturated heterocycles. The first kappa shape index (κ1) is 19.4. The molecule has 1 aliphatic rings. The predicted molar refractivity (Wildman–Crippen MR) is 101 cm³/mol. The molecule has 0 bridgehead atoms. The van der Waals surface area contributed by atoms with Crippen molar-refractivity contribution in [3.8, 4) is 17.2 Å². The third-order valence-electron chi connectivity index (χ3n) is 4.37. The van der Waals surface area contributed by atoms with Crippen LogP contribution in [0.1, 0.15) is 34.6 Å². The van der Waals surface area contributed by atoms with Crippen LogP contribution in [0.25, 0.3) is 0 Å². The van der Waals surface area contributed by atoms with Gasteiger partial charge in [0.1, 0.15) is 17.2 Å². The first-order valence-corrected chi connectivity index (χ1v) is 8.91. The summed E-state index contributed by atoms with van der Waals surface area (Å²) in [5.41, 5.74) is 0.516. The second kappa shape index (κ2) is 8.12. The summed E-state index contributed by atoms with van der Waals surface area (Å²) in [5, 5.41) is 0. The second-order valence-electron chi connectivity index (χ2n) is 6.20. The lowest BCUT2D eigenvalue weighted by Crippen LogP contribution is -2.44. The van der Waals surface area contributed by atoms with Gasteiger partial charge in [0.25, 0.3) is 11.8 Å². The van der Waals surface area contributed by atoms with Crippen molar-refractivity contribution in [2.45, 2.75) is 20.0 Å². The van der Waals surface area contributed by atoms with Crippen LogP contribution in [0.15, 0.2) is 42.5 Å².